The van der Waals surface area contributed by atoms with Gasteiger partial charge in [-0.15, -0.1) is 0 Å². The first kappa shape index (κ1) is 17.2. The molecule has 2 aliphatic heterocycles. The number of hydrogen-bond acceptors (Lipinski definition) is 2. The van der Waals surface area contributed by atoms with Crippen molar-refractivity contribution < 1.29 is 9.18 Å². The Bertz CT molecular complexity index is 836. The summed E-state index contributed by atoms with van der Waals surface area (Å²) in [5.41, 5.74) is 2.35. The van der Waals surface area contributed by atoms with Gasteiger partial charge in [0.05, 0.1) is 0 Å². The van der Waals surface area contributed by atoms with E-state index in [2.05, 4.69) is 24.0 Å². The van der Waals surface area contributed by atoms with E-state index in [-0.39, 0.29) is 23.3 Å². The van der Waals surface area contributed by atoms with Crippen LogP contribution in [0.3, 0.4) is 0 Å². The van der Waals surface area contributed by atoms with Gasteiger partial charge in [0.25, 0.3) is 0 Å². The summed E-state index contributed by atoms with van der Waals surface area (Å²) in [5.74, 6) is 0.0552. The Hall–Kier alpha value is -2.20. The predicted molar refractivity (Wildman–Crippen MR) is 101 cm³/mol. The topological polar surface area (TPSA) is 23.6 Å². The molecule has 2 unspecified atom stereocenters. The number of amides is 1. The molecule has 4 rings (SSSR count). The van der Waals surface area contributed by atoms with Crippen LogP contribution in [0.4, 0.5) is 4.39 Å². The maximum absolute atomic E-state index is 14.2. The number of likely N-dealkylation sites (tertiary alicyclic amines) is 2. The zero-order valence-corrected chi connectivity index (χ0v) is 15.4. The van der Waals surface area contributed by atoms with Crippen molar-refractivity contribution in [2.75, 3.05) is 20.1 Å². The minimum Gasteiger partial charge on any atom is -0.344 e. The lowest BCUT2D eigenvalue weighted by molar-refractivity contribution is -0.136. The molecule has 2 aromatic carbocycles. The quantitative estimate of drug-likeness (QED) is 0.824. The normalized spacial score (nSPS) is 26.2. The van der Waals surface area contributed by atoms with E-state index in [4.69, 9.17) is 0 Å². The van der Waals surface area contributed by atoms with Crippen molar-refractivity contribution >= 4 is 5.91 Å². The maximum Gasteiger partial charge on any atom is 0.242 e. The van der Waals surface area contributed by atoms with Gasteiger partial charge < -0.3 is 4.90 Å². The highest BCUT2D eigenvalue weighted by atomic mass is 19.1. The fourth-order valence-corrected chi connectivity index (χ4v) is 4.87. The fourth-order valence-electron chi connectivity index (χ4n) is 4.87. The Labute approximate surface area is 154 Å². The Morgan fingerprint density at radius 2 is 1.96 bits per heavy atom. The molecule has 0 saturated carbocycles. The van der Waals surface area contributed by atoms with Crippen molar-refractivity contribution in [2.24, 2.45) is 0 Å². The second kappa shape index (κ2) is 6.51. The largest absolute Gasteiger partial charge is 0.344 e. The molecule has 1 spiro atoms. The Morgan fingerprint density at radius 1 is 1.15 bits per heavy atom. The molecule has 0 aromatic heterocycles. The van der Waals surface area contributed by atoms with Crippen LogP contribution in [-0.2, 0) is 4.79 Å². The van der Waals surface area contributed by atoms with Gasteiger partial charge in [0.15, 0.2) is 0 Å². The van der Waals surface area contributed by atoms with Crippen LogP contribution in [0.2, 0.25) is 0 Å². The first-order valence-corrected chi connectivity index (χ1v) is 9.44. The van der Waals surface area contributed by atoms with Gasteiger partial charge in [0.1, 0.15) is 11.4 Å². The summed E-state index contributed by atoms with van der Waals surface area (Å²) in [4.78, 5) is 17.1. The van der Waals surface area contributed by atoms with Gasteiger partial charge in [-0.25, -0.2) is 4.39 Å². The minimum absolute atomic E-state index is 0.201. The van der Waals surface area contributed by atoms with E-state index in [1.807, 2.05) is 36.2 Å². The van der Waals surface area contributed by atoms with E-state index in [9.17, 15) is 9.18 Å². The second-order valence-corrected chi connectivity index (χ2v) is 7.45. The molecule has 2 aromatic rings. The van der Waals surface area contributed by atoms with Gasteiger partial charge in [-0.1, -0.05) is 43.3 Å². The van der Waals surface area contributed by atoms with Crippen LogP contribution in [-0.4, -0.2) is 41.4 Å². The summed E-state index contributed by atoms with van der Waals surface area (Å²) < 4.78 is 14.2. The molecule has 1 amide bonds. The zero-order chi connectivity index (χ0) is 18.3. The van der Waals surface area contributed by atoms with Crippen molar-refractivity contribution in [3.8, 4) is 11.1 Å². The van der Waals surface area contributed by atoms with Crippen molar-refractivity contribution in [1.82, 2.24) is 9.80 Å². The van der Waals surface area contributed by atoms with Gasteiger partial charge in [-0.3, -0.25) is 9.69 Å². The van der Waals surface area contributed by atoms with Crippen molar-refractivity contribution in [3.63, 3.8) is 0 Å². The monoisotopic (exact) mass is 352 g/mol. The average molecular weight is 352 g/mol. The van der Waals surface area contributed by atoms with Gasteiger partial charge >= 0.3 is 0 Å². The molecule has 0 radical (unpaired) electrons. The average Bonchev–Trinajstić information content (AvgIpc) is 3.18. The smallest absolute Gasteiger partial charge is 0.242 e. The number of benzene rings is 2. The Morgan fingerprint density at radius 3 is 2.65 bits per heavy atom. The molecule has 2 aliphatic rings. The third-order valence-electron chi connectivity index (χ3n) is 6.16. The highest BCUT2D eigenvalue weighted by Gasteiger charge is 2.55. The summed E-state index contributed by atoms with van der Waals surface area (Å²) in [5, 5.41) is 0. The maximum atomic E-state index is 14.2. The number of hydrogen-bond donors (Lipinski definition) is 0. The van der Waals surface area contributed by atoms with Gasteiger partial charge in [-0.2, -0.15) is 0 Å². The Balaban J connectivity index is 1.69. The molecule has 2 saturated heterocycles. The lowest BCUT2D eigenvalue weighted by atomic mass is 9.94. The summed E-state index contributed by atoms with van der Waals surface area (Å²) in [6, 6.07) is 15.3. The number of carbonyl (C=O) groups is 1. The van der Waals surface area contributed by atoms with Crippen LogP contribution < -0.4 is 0 Å². The molecule has 0 aliphatic carbocycles. The van der Waals surface area contributed by atoms with Crippen LogP contribution >= 0.6 is 0 Å². The van der Waals surface area contributed by atoms with Crippen LogP contribution in [0.25, 0.3) is 11.1 Å². The first-order valence-electron chi connectivity index (χ1n) is 9.44. The lowest BCUT2D eigenvalue weighted by Crippen LogP contribution is -2.50. The molecule has 4 heteroatoms. The molecular formula is C22H25FN2O. The molecule has 136 valence electrons. The summed E-state index contributed by atoms with van der Waals surface area (Å²) in [6.07, 6.45) is 2.77. The van der Waals surface area contributed by atoms with Gasteiger partial charge in [-0.05, 0) is 49.1 Å². The number of likely N-dealkylation sites (N-methyl/N-ethyl adjacent to an activating group) is 2. The standard InChI is InChI=1S/C22H25FN2O/c1-3-25-20(11-12-22(25)13-14-24(2)21(22)26)17-8-6-7-16(15-17)18-9-4-5-10-19(18)23/h4-10,15,20H,3,11-14H2,1-2H3. The molecule has 0 N–H and O–H groups in total. The van der Waals surface area contributed by atoms with E-state index in [0.29, 0.717) is 5.56 Å². The molecule has 3 nitrogen and oxygen atoms in total. The number of carbonyl (C=O) groups excluding carboxylic acids is 1. The molecule has 26 heavy (non-hydrogen) atoms. The van der Waals surface area contributed by atoms with E-state index in [1.165, 1.54) is 11.6 Å². The van der Waals surface area contributed by atoms with E-state index in [0.717, 1.165) is 37.9 Å². The molecule has 2 atom stereocenters. The second-order valence-electron chi connectivity index (χ2n) is 7.45. The summed E-state index contributed by atoms with van der Waals surface area (Å²) in [6.45, 7) is 3.80. The van der Waals surface area contributed by atoms with E-state index >= 15 is 0 Å². The van der Waals surface area contributed by atoms with Crippen LogP contribution in [0, 0.1) is 5.82 Å². The van der Waals surface area contributed by atoms with Crippen LogP contribution in [0.15, 0.2) is 48.5 Å². The van der Waals surface area contributed by atoms with Crippen molar-refractivity contribution in [1.29, 1.82) is 0 Å². The van der Waals surface area contributed by atoms with Gasteiger partial charge in [0, 0.05) is 25.2 Å². The highest BCUT2D eigenvalue weighted by molar-refractivity contribution is 5.88. The van der Waals surface area contributed by atoms with Crippen LogP contribution in [0.5, 0.6) is 0 Å². The molecular weight excluding hydrogens is 327 g/mol. The molecule has 2 fully saturated rings. The van der Waals surface area contributed by atoms with Crippen molar-refractivity contribution in [2.45, 2.75) is 37.8 Å². The predicted octanol–water partition coefficient (Wildman–Crippen LogP) is 4.25. The van der Waals surface area contributed by atoms with Crippen LogP contribution in [0.1, 0.15) is 37.8 Å². The van der Waals surface area contributed by atoms with E-state index in [1.54, 1.807) is 6.07 Å². The number of nitrogens with zero attached hydrogens (tertiary/aromatic N) is 2. The lowest BCUT2D eigenvalue weighted by Gasteiger charge is -2.36. The summed E-state index contributed by atoms with van der Waals surface area (Å²) in [7, 11) is 1.90. The number of halogens is 1. The summed E-state index contributed by atoms with van der Waals surface area (Å²) >= 11 is 0. The van der Waals surface area contributed by atoms with E-state index < -0.39 is 0 Å². The Kier molecular flexibility index (Phi) is 4.31. The third-order valence-corrected chi connectivity index (χ3v) is 6.16. The molecule has 2 heterocycles. The third kappa shape index (κ3) is 2.55. The molecule has 0 bridgehead atoms. The van der Waals surface area contributed by atoms with Crippen molar-refractivity contribution in [3.05, 3.63) is 59.9 Å². The SMILES string of the molecule is CCN1C(c2cccc(-c3ccccc3F)c2)CCC12CCN(C)C2=O. The highest BCUT2D eigenvalue weighted by Crippen LogP contribution is 2.47. The first-order chi connectivity index (χ1) is 12.6. The minimum atomic E-state index is -0.345. The number of rotatable bonds is 3. The van der Waals surface area contributed by atoms with Gasteiger partial charge in [0.2, 0.25) is 5.91 Å². The fraction of sp³-hybridized carbons (Fsp3) is 0.409. The zero-order valence-electron chi connectivity index (χ0n) is 15.4.